The summed E-state index contributed by atoms with van der Waals surface area (Å²) in [4.78, 5) is 13.9. The Morgan fingerprint density at radius 2 is 1.80 bits per heavy atom. The third-order valence-electron chi connectivity index (χ3n) is 5.66. The maximum atomic E-state index is 13.7. The Balaban J connectivity index is 0.00000171. The number of carbonyl (C=O) groups excluding carboxylic acids is 1. The average Bonchev–Trinajstić information content (AvgIpc) is 2.71. The van der Waals surface area contributed by atoms with Crippen LogP contribution in [0.15, 0.2) is 63.4 Å². The monoisotopic (exact) mass is 436 g/mol. The zero-order valence-electron chi connectivity index (χ0n) is 18.3. The number of Topliss-reactive ketones (excluding diaryl/α,β-unsaturated/α-hetero) is 1. The van der Waals surface area contributed by atoms with Gasteiger partial charge in [0.2, 0.25) is 0 Å². The average molecular weight is 437 g/mol. The number of benzene rings is 2. The third-order valence-corrected chi connectivity index (χ3v) is 7.05. The fourth-order valence-corrected chi connectivity index (χ4v) is 5.22. The normalized spacial score (nSPS) is 22.8. The quantitative estimate of drug-likeness (QED) is 0.552. The summed E-state index contributed by atoms with van der Waals surface area (Å²) < 4.78 is 25.2. The van der Waals surface area contributed by atoms with E-state index in [-0.39, 0.29) is 58.8 Å². The maximum absolute atomic E-state index is 13.7. The number of nitrogens with zero attached hydrogens (tertiary/aromatic N) is 1. The van der Waals surface area contributed by atoms with Crippen LogP contribution in [0.25, 0.3) is 5.76 Å². The molecule has 2 aliphatic rings. The Morgan fingerprint density at radius 3 is 2.53 bits per heavy atom. The van der Waals surface area contributed by atoms with Crippen molar-refractivity contribution in [2.45, 2.75) is 43.4 Å². The number of ketones is 1. The number of nitrogens with one attached hydrogen (secondary N) is 1. The van der Waals surface area contributed by atoms with E-state index in [1.54, 1.807) is 30.3 Å². The predicted molar refractivity (Wildman–Crippen MR) is 118 cm³/mol. The van der Waals surface area contributed by atoms with Crippen LogP contribution < -0.4 is 34.9 Å². The number of unbranched alkanes of at least 4 members (excludes halogenated alkanes) is 1. The van der Waals surface area contributed by atoms with Crippen molar-refractivity contribution in [1.82, 2.24) is 0 Å². The second-order valence-corrected chi connectivity index (χ2v) is 9.27. The molecule has 4 rings (SSSR count). The number of anilines is 1. The number of fused-ring (bicyclic) bond motifs is 2. The Morgan fingerprint density at radius 1 is 1.13 bits per heavy atom. The third kappa shape index (κ3) is 3.64. The summed E-state index contributed by atoms with van der Waals surface area (Å²) in [6.07, 6.45) is 2.40. The van der Waals surface area contributed by atoms with Gasteiger partial charge in [-0.2, -0.15) is 0 Å². The van der Waals surface area contributed by atoms with Crippen LogP contribution in [0, 0.1) is 0 Å². The number of para-hydroxylation sites is 1. The zero-order valence-corrected chi connectivity index (χ0v) is 20.2. The summed E-state index contributed by atoms with van der Waals surface area (Å²) in [6.45, 7) is 3.95. The molecule has 0 spiro atoms. The number of aliphatic hydroxyl groups excluding tert-OH is 1. The summed E-state index contributed by atoms with van der Waals surface area (Å²) in [6, 6.07) is 14.0. The van der Waals surface area contributed by atoms with E-state index in [2.05, 4.69) is 16.6 Å². The Labute approximate surface area is 201 Å². The molecule has 0 aromatic heterocycles. The molecule has 0 saturated heterocycles. The molecule has 0 bridgehead atoms. The minimum absolute atomic E-state index is 0. The summed E-state index contributed by atoms with van der Waals surface area (Å²) in [7, 11) is -3.49. The van der Waals surface area contributed by atoms with Gasteiger partial charge in [0, 0.05) is 5.56 Å². The Bertz CT molecular complexity index is 1070. The molecule has 0 radical (unpaired) electrons. The van der Waals surface area contributed by atoms with Gasteiger partial charge in [0.15, 0.2) is 11.6 Å². The maximum Gasteiger partial charge on any atom is 1.00 e. The second kappa shape index (κ2) is 8.49. The first-order chi connectivity index (χ1) is 13.8. The molecule has 0 fully saturated rings. The second-order valence-electron chi connectivity index (χ2n) is 7.61. The van der Waals surface area contributed by atoms with Gasteiger partial charge in [0.25, 0.3) is 0 Å². The molecule has 1 unspecified atom stereocenters. The number of rotatable bonds is 4. The fourth-order valence-electron chi connectivity index (χ4n) is 4.05. The van der Waals surface area contributed by atoms with Gasteiger partial charge in [-0.15, -0.1) is 4.40 Å². The number of aliphatic hydroxyl groups is 1. The van der Waals surface area contributed by atoms with Crippen LogP contribution in [0.1, 0.15) is 45.7 Å². The summed E-state index contributed by atoms with van der Waals surface area (Å²) in [5, 5.41) is 14.0. The Hall–Kier alpha value is -1.61. The minimum Gasteiger partial charge on any atom is -1.00 e. The first kappa shape index (κ1) is 23.1. The van der Waals surface area contributed by atoms with Crippen LogP contribution >= 0.6 is 10.8 Å². The van der Waals surface area contributed by atoms with Crippen LogP contribution in [-0.4, -0.2) is 25.8 Å². The molecule has 30 heavy (non-hydrogen) atoms. The van der Waals surface area contributed by atoms with Crippen molar-refractivity contribution in [3.8, 4) is 0 Å². The summed E-state index contributed by atoms with van der Waals surface area (Å²) in [5.74, 6) is -0.480. The van der Waals surface area contributed by atoms with Crippen LogP contribution in [0.3, 0.4) is 0 Å². The van der Waals surface area contributed by atoms with E-state index in [1.165, 1.54) is 0 Å². The molecule has 8 heteroatoms. The van der Waals surface area contributed by atoms with Gasteiger partial charge >= 0.3 is 29.6 Å². The van der Waals surface area contributed by atoms with Gasteiger partial charge in [-0.05, 0) is 31.0 Å². The molecule has 0 saturated carbocycles. The molecule has 0 amide bonds. The van der Waals surface area contributed by atoms with Gasteiger partial charge in [-0.25, -0.2) is 0 Å². The largest absolute Gasteiger partial charge is 1.00 e. The van der Waals surface area contributed by atoms with Gasteiger partial charge in [-0.1, -0.05) is 66.9 Å². The van der Waals surface area contributed by atoms with Gasteiger partial charge < -0.3 is 11.8 Å². The van der Waals surface area contributed by atoms with E-state index < -0.39 is 16.2 Å². The van der Waals surface area contributed by atoms with Gasteiger partial charge in [0.05, 0.1) is 11.1 Å². The summed E-state index contributed by atoms with van der Waals surface area (Å²) >= 11 is 0. The standard InChI is InChI=1S/C22H24N2O4S.Na.H/c1-3-4-13-22(2)15-10-6-5-9-14(15)19(25)18(20(22)26)21-23-16-11-7-8-12-17(16)29(27,28)24-21;;/h5-12,25,27-28H,3-4,13H2,1-2H3,(H,23,24);;/q;+1;-1. The first-order valence-corrected chi connectivity index (χ1v) is 11.1. The summed E-state index contributed by atoms with van der Waals surface area (Å²) in [5.41, 5.74) is 0.971. The molecular formula is C22H25N2NaO4S. The molecule has 2 aromatic rings. The molecule has 4 N–H and O–H groups in total. The van der Waals surface area contributed by atoms with E-state index in [1.807, 2.05) is 25.1 Å². The molecule has 6 nitrogen and oxygen atoms in total. The van der Waals surface area contributed by atoms with Crippen molar-refractivity contribution in [2.24, 2.45) is 4.40 Å². The van der Waals surface area contributed by atoms with Gasteiger partial charge in [-0.3, -0.25) is 13.9 Å². The minimum atomic E-state index is -3.49. The molecule has 1 aliphatic heterocycles. The van der Waals surface area contributed by atoms with Crippen LogP contribution in [0.2, 0.25) is 0 Å². The molecule has 154 valence electrons. The fraction of sp³-hybridized carbons (Fsp3) is 0.273. The van der Waals surface area contributed by atoms with Crippen molar-refractivity contribution in [1.29, 1.82) is 0 Å². The predicted octanol–water partition coefficient (Wildman–Crippen LogP) is 2.65. The molecule has 1 heterocycles. The first-order valence-electron chi connectivity index (χ1n) is 9.62. The zero-order chi connectivity index (χ0) is 20.8. The smallest absolute Gasteiger partial charge is 1.00 e. The van der Waals surface area contributed by atoms with Gasteiger partial charge in [0.1, 0.15) is 16.2 Å². The van der Waals surface area contributed by atoms with E-state index in [0.29, 0.717) is 17.7 Å². The topological polar surface area (TPSA) is 102 Å². The van der Waals surface area contributed by atoms with E-state index >= 15 is 0 Å². The number of amidine groups is 1. The van der Waals surface area contributed by atoms with Crippen LogP contribution in [0.5, 0.6) is 0 Å². The van der Waals surface area contributed by atoms with E-state index in [9.17, 15) is 19.0 Å². The van der Waals surface area contributed by atoms with E-state index in [4.69, 9.17) is 0 Å². The van der Waals surface area contributed by atoms with Crippen LogP contribution in [0.4, 0.5) is 5.69 Å². The van der Waals surface area contributed by atoms with Crippen molar-refractivity contribution in [3.05, 3.63) is 65.2 Å². The molecular weight excluding hydrogens is 411 g/mol. The van der Waals surface area contributed by atoms with E-state index in [0.717, 1.165) is 18.4 Å². The molecule has 1 aliphatic carbocycles. The SMILES string of the molecule is CCCCC1(C)C(=O)C(C2=NS(O)(O)c3ccccc3N2)=C(O)c2ccccc21.[H-].[Na+]. The number of hydrogen-bond acceptors (Lipinski definition) is 6. The van der Waals surface area contributed by atoms with Crippen molar-refractivity contribution in [3.63, 3.8) is 0 Å². The van der Waals surface area contributed by atoms with Crippen molar-refractivity contribution in [2.75, 3.05) is 5.32 Å². The number of carbonyl (C=O) groups is 1. The van der Waals surface area contributed by atoms with Crippen LogP contribution in [-0.2, 0) is 10.2 Å². The molecule has 1 atom stereocenters. The van der Waals surface area contributed by atoms with Crippen molar-refractivity contribution < 1.29 is 50.0 Å². The number of hydrogen-bond donors (Lipinski definition) is 4. The van der Waals surface area contributed by atoms with Crippen molar-refractivity contribution >= 4 is 33.8 Å². The Kier molecular flexibility index (Phi) is 6.53. The molecule has 2 aromatic carbocycles.